The van der Waals surface area contributed by atoms with E-state index in [4.69, 9.17) is 0 Å². The van der Waals surface area contributed by atoms with Gasteiger partial charge in [0.1, 0.15) is 5.82 Å². The Balaban J connectivity index is 2.01. The van der Waals surface area contributed by atoms with Crippen LogP contribution in [0.25, 0.3) is 0 Å². The van der Waals surface area contributed by atoms with Gasteiger partial charge in [-0.15, -0.1) is 0 Å². The first-order valence-electron chi connectivity index (χ1n) is 7.33. The zero-order valence-corrected chi connectivity index (χ0v) is 11.6. The lowest BCUT2D eigenvalue weighted by Crippen LogP contribution is -2.16. The molecule has 0 saturated heterocycles. The van der Waals surface area contributed by atoms with Crippen LogP contribution in [-0.2, 0) is 0 Å². The van der Waals surface area contributed by atoms with E-state index in [1.165, 1.54) is 0 Å². The predicted octanol–water partition coefficient (Wildman–Crippen LogP) is 5.34. The summed E-state index contributed by atoms with van der Waals surface area (Å²) in [6, 6.07) is 7.11. The molecule has 0 spiro atoms. The van der Waals surface area contributed by atoms with Crippen molar-refractivity contribution in [2.45, 2.75) is 51.4 Å². The maximum absolute atomic E-state index is 13.8. The maximum Gasteiger partial charge on any atom is 0.126 e. The van der Waals surface area contributed by atoms with Gasteiger partial charge >= 0.3 is 0 Å². The van der Waals surface area contributed by atoms with Gasteiger partial charge in [0.2, 0.25) is 0 Å². The van der Waals surface area contributed by atoms with E-state index in [9.17, 15) is 9.50 Å². The number of hydrogen-bond acceptors (Lipinski definition) is 1. The largest absolute Gasteiger partial charge is 0.513 e. The van der Waals surface area contributed by atoms with Crippen LogP contribution < -0.4 is 0 Å². The normalized spacial score (nSPS) is 24.4. The molecule has 0 heterocycles. The van der Waals surface area contributed by atoms with E-state index in [-0.39, 0.29) is 5.82 Å². The summed E-state index contributed by atoms with van der Waals surface area (Å²) < 4.78 is 13.8. The minimum atomic E-state index is -0.0820. The Labute approximate surface area is 115 Å². The molecule has 1 aliphatic rings. The minimum absolute atomic E-state index is 0.0820. The Morgan fingerprint density at radius 1 is 1.37 bits per heavy atom. The predicted molar refractivity (Wildman–Crippen MR) is 76.7 cm³/mol. The first-order valence-corrected chi connectivity index (χ1v) is 7.33. The van der Waals surface area contributed by atoms with Gasteiger partial charge in [0.05, 0.1) is 5.76 Å². The van der Waals surface area contributed by atoms with Crippen LogP contribution in [0.15, 0.2) is 36.1 Å². The van der Waals surface area contributed by atoms with Crippen molar-refractivity contribution in [1.82, 2.24) is 0 Å². The van der Waals surface area contributed by atoms with E-state index >= 15 is 0 Å². The summed E-state index contributed by atoms with van der Waals surface area (Å²) in [4.78, 5) is 0. The molecule has 1 N–H and O–H groups in total. The van der Waals surface area contributed by atoms with Crippen LogP contribution >= 0.6 is 0 Å². The number of hydrogen-bond donors (Lipinski definition) is 1. The minimum Gasteiger partial charge on any atom is -0.513 e. The molecule has 1 aromatic carbocycles. The van der Waals surface area contributed by atoms with Crippen LogP contribution in [0.5, 0.6) is 0 Å². The first-order chi connectivity index (χ1) is 9.20. The molecule has 0 bridgehead atoms. The van der Waals surface area contributed by atoms with Crippen molar-refractivity contribution in [3.63, 3.8) is 0 Å². The lowest BCUT2D eigenvalue weighted by Gasteiger charge is -2.29. The van der Waals surface area contributed by atoms with Crippen LogP contribution in [0.2, 0.25) is 0 Å². The smallest absolute Gasteiger partial charge is 0.126 e. The fraction of sp³-hybridized carbons (Fsp3) is 0.529. The molecule has 2 unspecified atom stereocenters. The Kier molecular flexibility index (Phi) is 5.00. The lowest BCUT2D eigenvalue weighted by atomic mass is 9.76. The van der Waals surface area contributed by atoms with Crippen LogP contribution in [0.4, 0.5) is 4.39 Å². The van der Waals surface area contributed by atoms with E-state index in [0.29, 0.717) is 17.6 Å². The van der Waals surface area contributed by atoms with Gasteiger partial charge in [0.15, 0.2) is 0 Å². The van der Waals surface area contributed by atoms with Crippen LogP contribution in [0, 0.1) is 11.7 Å². The molecule has 2 heteroatoms. The van der Waals surface area contributed by atoms with Crippen molar-refractivity contribution < 1.29 is 9.50 Å². The quantitative estimate of drug-likeness (QED) is 0.726. The highest BCUT2D eigenvalue weighted by atomic mass is 19.1. The first kappa shape index (κ1) is 14.1. The molecule has 104 valence electrons. The monoisotopic (exact) mass is 262 g/mol. The van der Waals surface area contributed by atoms with E-state index in [1.54, 1.807) is 12.1 Å². The summed E-state index contributed by atoms with van der Waals surface area (Å²) in [6.07, 6.45) is 7.83. The molecule has 0 amide bonds. The van der Waals surface area contributed by atoms with Gasteiger partial charge in [-0.2, -0.15) is 0 Å². The van der Waals surface area contributed by atoms with E-state index in [2.05, 4.69) is 0 Å². The van der Waals surface area contributed by atoms with Gasteiger partial charge in [-0.05, 0) is 55.2 Å². The fourth-order valence-electron chi connectivity index (χ4n) is 3.18. The summed E-state index contributed by atoms with van der Waals surface area (Å²) in [6.45, 7) is 2.03. The number of rotatable bonds is 4. The Bertz CT molecular complexity index is 439. The second kappa shape index (κ2) is 6.74. The van der Waals surface area contributed by atoms with Crippen molar-refractivity contribution in [2.24, 2.45) is 5.92 Å². The SMILES string of the molecule is CC/C=C(/O)CC1CCCC(c2ccccc2F)C1. The second-order valence-corrected chi connectivity index (χ2v) is 5.56. The van der Waals surface area contributed by atoms with Crippen molar-refractivity contribution in [2.75, 3.05) is 0 Å². The number of aliphatic hydroxyl groups excluding tert-OH is 1. The third kappa shape index (κ3) is 3.82. The van der Waals surface area contributed by atoms with Gasteiger partial charge < -0.3 is 5.11 Å². The topological polar surface area (TPSA) is 20.2 Å². The van der Waals surface area contributed by atoms with Gasteiger partial charge in [-0.3, -0.25) is 0 Å². The lowest BCUT2D eigenvalue weighted by molar-refractivity contribution is 0.274. The van der Waals surface area contributed by atoms with Gasteiger partial charge in [0.25, 0.3) is 0 Å². The van der Waals surface area contributed by atoms with Crippen molar-refractivity contribution in [1.29, 1.82) is 0 Å². The zero-order valence-electron chi connectivity index (χ0n) is 11.6. The van der Waals surface area contributed by atoms with Crippen LogP contribution in [-0.4, -0.2) is 5.11 Å². The van der Waals surface area contributed by atoms with Crippen molar-refractivity contribution in [3.05, 3.63) is 47.5 Å². The highest BCUT2D eigenvalue weighted by Gasteiger charge is 2.25. The number of halogens is 1. The van der Waals surface area contributed by atoms with Gasteiger partial charge in [-0.1, -0.05) is 31.5 Å². The van der Waals surface area contributed by atoms with Crippen LogP contribution in [0.1, 0.15) is 56.9 Å². The molecule has 1 aromatic rings. The molecule has 2 rings (SSSR count). The molecule has 1 aliphatic carbocycles. The molecule has 1 fully saturated rings. The summed E-state index contributed by atoms with van der Waals surface area (Å²) in [7, 11) is 0. The Morgan fingerprint density at radius 3 is 2.89 bits per heavy atom. The zero-order chi connectivity index (χ0) is 13.7. The second-order valence-electron chi connectivity index (χ2n) is 5.56. The number of benzene rings is 1. The maximum atomic E-state index is 13.8. The van der Waals surface area contributed by atoms with Crippen molar-refractivity contribution >= 4 is 0 Å². The highest BCUT2D eigenvalue weighted by Crippen LogP contribution is 2.39. The highest BCUT2D eigenvalue weighted by molar-refractivity contribution is 5.22. The average molecular weight is 262 g/mol. The number of aliphatic hydroxyl groups is 1. The molecule has 0 aromatic heterocycles. The summed E-state index contributed by atoms with van der Waals surface area (Å²) >= 11 is 0. The Morgan fingerprint density at radius 2 is 2.16 bits per heavy atom. The molecule has 1 saturated carbocycles. The van der Waals surface area contributed by atoms with Crippen LogP contribution in [0.3, 0.4) is 0 Å². The molecule has 2 atom stereocenters. The Hall–Kier alpha value is -1.31. The summed E-state index contributed by atoms with van der Waals surface area (Å²) in [5, 5.41) is 9.80. The number of allylic oxidation sites excluding steroid dienone is 2. The van der Waals surface area contributed by atoms with Gasteiger partial charge in [-0.25, -0.2) is 4.39 Å². The van der Waals surface area contributed by atoms with E-state index in [1.807, 2.05) is 25.1 Å². The van der Waals surface area contributed by atoms with Gasteiger partial charge in [0, 0.05) is 6.42 Å². The molecule has 0 radical (unpaired) electrons. The average Bonchev–Trinajstić information content (AvgIpc) is 2.40. The third-order valence-corrected chi connectivity index (χ3v) is 4.07. The van der Waals surface area contributed by atoms with Crippen molar-refractivity contribution in [3.8, 4) is 0 Å². The molecule has 19 heavy (non-hydrogen) atoms. The third-order valence-electron chi connectivity index (χ3n) is 4.07. The molecule has 0 aliphatic heterocycles. The summed E-state index contributed by atoms with van der Waals surface area (Å²) in [5.41, 5.74) is 0.853. The fourth-order valence-corrected chi connectivity index (χ4v) is 3.18. The standard InChI is InChI=1S/C17H23FO/c1-2-6-15(19)12-13-7-5-8-14(11-13)16-9-3-4-10-17(16)18/h3-4,6,9-10,13-14,19H,2,5,7-8,11-12H2,1H3/b15-6+. The molecular weight excluding hydrogens is 239 g/mol. The summed E-state index contributed by atoms with van der Waals surface area (Å²) in [5.74, 6) is 1.22. The van der Waals surface area contributed by atoms with E-state index < -0.39 is 0 Å². The van der Waals surface area contributed by atoms with E-state index in [0.717, 1.165) is 44.1 Å². The molecular formula is C17H23FO. The molecule has 1 nitrogen and oxygen atoms in total.